The van der Waals surface area contributed by atoms with Crippen molar-refractivity contribution in [2.45, 2.75) is 20.1 Å². The Morgan fingerprint density at radius 1 is 1.40 bits per heavy atom. The molecule has 0 saturated carbocycles. The highest BCUT2D eigenvalue weighted by atomic mass is 32.1. The molecule has 0 aliphatic rings. The Kier molecular flexibility index (Phi) is 4.70. The number of thiazole rings is 1. The van der Waals surface area contributed by atoms with E-state index in [1.807, 2.05) is 31.2 Å². The van der Waals surface area contributed by atoms with E-state index in [-0.39, 0.29) is 5.84 Å². The van der Waals surface area contributed by atoms with Gasteiger partial charge in [-0.2, -0.15) is 0 Å². The van der Waals surface area contributed by atoms with Crippen LogP contribution < -0.4 is 10.5 Å². The molecular weight excluding hydrogens is 274 g/mol. The fourth-order valence-corrected chi connectivity index (χ4v) is 2.60. The van der Waals surface area contributed by atoms with Crippen LogP contribution in [-0.4, -0.2) is 17.9 Å². The van der Waals surface area contributed by atoms with Crippen molar-refractivity contribution in [2.24, 2.45) is 5.73 Å². The lowest BCUT2D eigenvalue weighted by molar-refractivity contribution is 0.181. The largest absolute Gasteiger partial charge is 0.486 e. The monoisotopic (exact) mass is 291 g/mol. The predicted octanol–water partition coefficient (Wildman–Crippen LogP) is 2.46. The van der Waals surface area contributed by atoms with Gasteiger partial charge in [-0.3, -0.25) is 5.41 Å². The Balaban J connectivity index is 2.09. The molecular formula is C14H17N3O2S. The Morgan fingerprint density at radius 2 is 2.20 bits per heavy atom. The molecule has 1 heterocycles. The molecule has 0 aliphatic heterocycles. The first-order valence-electron chi connectivity index (χ1n) is 6.11. The Hall–Kier alpha value is -1.92. The minimum absolute atomic E-state index is 0.0105. The molecule has 0 radical (unpaired) electrons. The van der Waals surface area contributed by atoms with Crippen molar-refractivity contribution in [3.05, 3.63) is 45.4 Å². The van der Waals surface area contributed by atoms with Crippen molar-refractivity contribution in [3.8, 4) is 5.75 Å². The number of hydrogen-bond donors (Lipinski definition) is 2. The molecule has 0 saturated heterocycles. The number of aryl methyl sites for hydroxylation is 1. The highest BCUT2D eigenvalue weighted by Gasteiger charge is 2.13. The highest BCUT2D eigenvalue weighted by Crippen LogP contribution is 2.21. The molecule has 0 amide bonds. The summed E-state index contributed by atoms with van der Waals surface area (Å²) in [6, 6.07) is 7.84. The summed E-state index contributed by atoms with van der Waals surface area (Å²) in [6.45, 7) is 2.72. The van der Waals surface area contributed by atoms with E-state index in [9.17, 15) is 0 Å². The first kappa shape index (κ1) is 14.5. The van der Waals surface area contributed by atoms with Gasteiger partial charge in [0, 0.05) is 7.11 Å². The van der Waals surface area contributed by atoms with Crippen molar-refractivity contribution < 1.29 is 9.47 Å². The van der Waals surface area contributed by atoms with Crippen LogP contribution in [0.4, 0.5) is 0 Å². The number of amidine groups is 1. The summed E-state index contributed by atoms with van der Waals surface area (Å²) in [5, 5.41) is 8.33. The van der Waals surface area contributed by atoms with Crippen LogP contribution in [0, 0.1) is 12.3 Å². The SMILES string of the molecule is COCc1nc(COc2cccc(C)c2)sc1C(=N)N. The summed E-state index contributed by atoms with van der Waals surface area (Å²) in [4.78, 5) is 5.05. The fourth-order valence-electron chi connectivity index (χ4n) is 1.76. The zero-order valence-corrected chi connectivity index (χ0v) is 12.3. The maximum absolute atomic E-state index is 7.54. The first-order valence-corrected chi connectivity index (χ1v) is 6.93. The van der Waals surface area contributed by atoms with Crippen LogP contribution >= 0.6 is 11.3 Å². The number of nitrogen functional groups attached to an aromatic ring is 1. The maximum Gasteiger partial charge on any atom is 0.140 e. The highest BCUT2D eigenvalue weighted by molar-refractivity contribution is 7.13. The second kappa shape index (κ2) is 6.49. The summed E-state index contributed by atoms with van der Waals surface area (Å²) in [6.07, 6.45) is 0. The van der Waals surface area contributed by atoms with Gasteiger partial charge < -0.3 is 15.2 Å². The molecule has 106 valence electrons. The van der Waals surface area contributed by atoms with E-state index in [2.05, 4.69) is 4.98 Å². The van der Waals surface area contributed by atoms with Gasteiger partial charge in [0.1, 0.15) is 23.2 Å². The van der Waals surface area contributed by atoms with Crippen LogP contribution in [0.3, 0.4) is 0 Å². The lowest BCUT2D eigenvalue weighted by Gasteiger charge is -2.04. The summed E-state index contributed by atoms with van der Waals surface area (Å²) in [7, 11) is 1.59. The number of nitrogens with one attached hydrogen (secondary N) is 1. The number of aromatic nitrogens is 1. The van der Waals surface area contributed by atoms with Gasteiger partial charge in [-0.1, -0.05) is 12.1 Å². The molecule has 3 N–H and O–H groups in total. The zero-order chi connectivity index (χ0) is 14.5. The Morgan fingerprint density at radius 3 is 2.85 bits per heavy atom. The molecule has 1 aromatic heterocycles. The van der Waals surface area contributed by atoms with Gasteiger partial charge in [0.25, 0.3) is 0 Å². The zero-order valence-electron chi connectivity index (χ0n) is 11.5. The number of rotatable bonds is 6. The van der Waals surface area contributed by atoms with E-state index in [1.54, 1.807) is 7.11 Å². The number of nitrogens with two attached hydrogens (primary N) is 1. The number of nitrogens with zero attached hydrogens (tertiary/aromatic N) is 1. The molecule has 2 rings (SSSR count). The average Bonchev–Trinajstić information content (AvgIpc) is 2.80. The van der Waals surface area contributed by atoms with Gasteiger partial charge in [-0.25, -0.2) is 4.98 Å². The maximum atomic E-state index is 7.54. The van der Waals surface area contributed by atoms with Crippen LogP contribution in [0.2, 0.25) is 0 Å². The minimum atomic E-state index is 0.0105. The van der Waals surface area contributed by atoms with Gasteiger partial charge in [-0.15, -0.1) is 11.3 Å². The third-order valence-electron chi connectivity index (χ3n) is 2.62. The van der Waals surface area contributed by atoms with Crippen molar-refractivity contribution >= 4 is 17.2 Å². The normalized spacial score (nSPS) is 10.5. The number of ether oxygens (including phenoxy) is 2. The van der Waals surface area contributed by atoms with Crippen LogP contribution in [0.5, 0.6) is 5.75 Å². The van der Waals surface area contributed by atoms with E-state index in [0.717, 1.165) is 16.3 Å². The van der Waals surface area contributed by atoms with E-state index >= 15 is 0 Å². The second-order valence-corrected chi connectivity index (χ2v) is 5.42. The minimum Gasteiger partial charge on any atom is -0.486 e. The molecule has 0 fully saturated rings. The molecule has 6 heteroatoms. The van der Waals surface area contributed by atoms with Crippen molar-refractivity contribution in [2.75, 3.05) is 7.11 Å². The topological polar surface area (TPSA) is 81.2 Å². The van der Waals surface area contributed by atoms with E-state index in [1.165, 1.54) is 11.3 Å². The van der Waals surface area contributed by atoms with Crippen LogP contribution in [0.25, 0.3) is 0 Å². The third-order valence-corrected chi connectivity index (χ3v) is 3.72. The molecule has 0 aliphatic carbocycles. The van der Waals surface area contributed by atoms with Crippen molar-refractivity contribution in [1.82, 2.24) is 4.98 Å². The summed E-state index contributed by atoms with van der Waals surface area (Å²) < 4.78 is 10.8. The Bertz CT molecular complexity index is 610. The molecule has 0 unspecified atom stereocenters. The molecule has 20 heavy (non-hydrogen) atoms. The first-order chi connectivity index (χ1) is 9.60. The van der Waals surface area contributed by atoms with Gasteiger partial charge in [-0.05, 0) is 24.6 Å². The van der Waals surface area contributed by atoms with Gasteiger partial charge in [0.15, 0.2) is 0 Å². The number of benzene rings is 1. The van der Waals surface area contributed by atoms with Crippen LogP contribution in [0.1, 0.15) is 21.1 Å². The van der Waals surface area contributed by atoms with Gasteiger partial charge in [0.2, 0.25) is 0 Å². The molecule has 0 bridgehead atoms. The number of hydrogen-bond acceptors (Lipinski definition) is 5. The van der Waals surface area contributed by atoms with E-state index in [4.69, 9.17) is 20.6 Å². The van der Waals surface area contributed by atoms with Crippen molar-refractivity contribution in [1.29, 1.82) is 5.41 Å². The standard InChI is InChI=1S/C14H17N3O2S/c1-9-4-3-5-10(6-9)19-8-12-17-11(7-18-2)13(20-12)14(15)16/h3-6H,7-8H2,1-2H3,(H3,15,16). The smallest absolute Gasteiger partial charge is 0.140 e. The summed E-state index contributed by atoms with van der Waals surface area (Å²) in [5.74, 6) is 0.814. The molecule has 1 aromatic carbocycles. The van der Waals surface area contributed by atoms with Gasteiger partial charge in [0.05, 0.1) is 17.2 Å². The van der Waals surface area contributed by atoms with Gasteiger partial charge >= 0.3 is 0 Å². The van der Waals surface area contributed by atoms with Crippen LogP contribution in [0.15, 0.2) is 24.3 Å². The van der Waals surface area contributed by atoms with E-state index in [0.29, 0.717) is 23.8 Å². The molecule has 0 spiro atoms. The Labute approximate surface area is 121 Å². The quantitative estimate of drug-likeness (QED) is 0.633. The van der Waals surface area contributed by atoms with Crippen molar-refractivity contribution in [3.63, 3.8) is 0 Å². The lowest BCUT2D eigenvalue weighted by atomic mass is 10.2. The third kappa shape index (κ3) is 3.55. The molecule has 2 aromatic rings. The average molecular weight is 291 g/mol. The van der Waals surface area contributed by atoms with Crippen LogP contribution in [-0.2, 0) is 18.0 Å². The summed E-state index contributed by atoms with van der Waals surface area (Å²) in [5.41, 5.74) is 7.38. The second-order valence-electron chi connectivity index (χ2n) is 4.34. The number of methoxy groups -OCH3 is 1. The van der Waals surface area contributed by atoms with E-state index < -0.39 is 0 Å². The molecule has 0 atom stereocenters. The fraction of sp³-hybridized carbons (Fsp3) is 0.286. The predicted molar refractivity (Wildman–Crippen MR) is 79.4 cm³/mol. The lowest BCUT2D eigenvalue weighted by Crippen LogP contribution is -2.11. The summed E-state index contributed by atoms with van der Waals surface area (Å²) >= 11 is 1.37. The molecule has 5 nitrogen and oxygen atoms in total.